The highest BCUT2D eigenvalue weighted by atomic mass is 16.5. The monoisotopic (exact) mass is 308 g/mol. The number of amides is 2. The molecule has 0 atom stereocenters. The van der Waals surface area contributed by atoms with E-state index in [0.717, 1.165) is 25.9 Å². The Morgan fingerprint density at radius 3 is 2.64 bits per heavy atom. The molecule has 1 aromatic heterocycles. The van der Waals surface area contributed by atoms with Gasteiger partial charge in [-0.1, -0.05) is 18.5 Å². The molecular formula is C15H24N4O3. The third-order valence-electron chi connectivity index (χ3n) is 3.73. The molecule has 2 amide bonds. The van der Waals surface area contributed by atoms with E-state index in [1.54, 1.807) is 13.0 Å². The summed E-state index contributed by atoms with van der Waals surface area (Å²) in [4.78, 5) is 27.8. The Kier molecular flexibility index (Phi) is 5.94. The summed E-state index contributed by atoms with van der Waals surface area (Å²) in [5, 5.41) is 6.44. The van der Waals surface area contributed by atoms with Gasteiger partial charge in [0.2, 0.25) is 11.8 Å². The van der Waals surface area contributed by atoms with Crippen molar-refractivity contribution in [3.8, 4) is 0 Å². The van der Waals surface area contributed by atoms with Crippen LogP contribution in [0.2, 0.25) is 0 Å². The number of aryl methyl sites for hydroxylation is 1. The van der Waals surface area contributed by atoms with Gasteiger partial charge >= 0.3 is 0 Å². The summed E-state index contributed by atoms with van der Waals surface area (Å²) < 4.78 is 4.91. The highest BCUT2D eigenvalue weighted by Crippen LogP contribution is 2.09. The van der Waals surface area contributed by atoms with Gasteiger partial charge in [-0.15, -0.1) is 0 Å². The number of anilines is 1. The van der Waals surface area contributed by atoms with Crippen molar-refractivity contribution in [2.45, 2.75) is 33.1 Å². The van der Waals surface area contributed by atoms with Crippen molar-refractivity contribution in [1.29, 1.82) is 0 Å². The first-order valence-corrected chi connectivity index (χ1v) is 7.81. The number of carbonyl (C=O) groups excluding carboxylic acids is 2. The average Bonchev–Trinajstić information content (AvgIpc) is 2.90. The molecule has 1 aliphatic heterocycles. The Balaban J connectivity index is 1.70. The molecule has 2 rings (SSSR count). The summed E-state index contributed by atoms with van der Waals surface area (Å²) in [6, 6.07) is 1.68. The lowest BCUT2D eigenvalue weighted by Crippen LogP contribution is -2.50. The third-order valence-corrected chi connectivity index (χ3v) is 3.73. The summed E-state index contributed by atoms with van der Waals surface area (Å²) >= 11 is 0. The van der Waals surface area contributed by atoms with E-state index >= 15 is 0 Å². The number of nitrogens with one attached hydrogen (secondary N) is 1. The van der Waals surface area contributed by atoms with E-state index in [1.807, 2.05) is 9.80 Å². The summed E-state index contributed by atoms with van der Waals surface area (Å²) in [7, 11) is 0. The van der Waals surface area contributed by atoms with Crippen molar-refractivity contribution >= 4 is 17.6 Å². The molecule has 0 saturated carbocycles. The number of hydrogen-bond acceptors (Lipinski definition) is 5. The van der Waals surface area contributed by atoms with Gasteiger partial charge in [0.25, 0.3) is 0 Å². The summed E-state index contributed by atoms with van der Waals surface area (Å²) in [6.07, 6.45) is 2.61. The number of hydrogen-bond donors (Lipinski definition) is 1. The van der Waals surface area contributed by atoms with Crippen molar-refractivity contribution in [1.82, 2.24) is 15.0 Å². The second-order valence-electron chi connectivity index (χ2n) is 5.63. The molecule has 22 heavy (non-hydrogen) atoms. The summed E-state index contributed by atoms with van der Waals surface area (Å²) in [6.45, 7) is 7.00. The molecule has 0 unspecified atom stereocenters. The topological polar surface area (TPSA) is 78.7 Å². The van der Waals surface area contributed by atoms with Crippen molar-refractivity contribution < 1.29 is 14.1 Å². The molecule has 7 heteroatoms. The van der Waals surface area contributed by atoms with Gasteiger partial charge < -0.3 is 14.7 Å². The van der Waals surface area contributed by atoms with Crippen LogP contribution in [0.15, 0.2) is 10.6 Å². The standard InChI is InChI=1S/C15H24N4O3/c1-3-4-5-15(21)19-8-6-18(7-9-19)11-14(20)16-13-10-12(2)22-17-13/h10H,3-9,11H2,1-2H3,(H,16,17,20). The van der Waals surface area contributed by atoms with Gasteiger partial charge in [0, 0.05) is 38.7 Å². The predicted molar refractivity (Wildman–Crippen MR) is 82.4 cm³/mol. The van der Waals surface area contributed by atoms with Gasteiger partial charge in [-0.05, 0) is 13.3 Å². The number of aromatic nitrogens is 1. The molecule has 1 saturated heterocycles. The normalized spacial score (nSPS) is 15.8. The molecule has 7 nitrogen and oxygen atoms in total. The van der Waals surface area contributed by atoms with E-state index in [1.165, 1.54) is 0 Å². The third kappa shape index (κ3) is 4.84. The molecule has 1 aliphatic rings. The van der Waals surface area contributed by atoms with E-state index in [0.29, 0.717) is 37.6 Å². The Morgan fingerprint density at radius 1 is 1.32 bits per heavy atom. The van der Waals surface area contributed by atoms with Crippen molar-refractivity contribution in [2.75, 3.05) is 38.0 Å². The molecule has 1 fully saturated rings. The fourth-order valence-electron chi connectivity index (χ4n) is 2.45. The average molecular weight is 308 g/mol. The number of rotatable bonds is 6. The Bertz CT molecular complexity index is 507. The Morgan fingerprint density at radius 2 is 2.05 bits per heavy atom. The number of nitrogens with zero attached hydrogens (tertiary/aromatic N) is 3. The second-order valence-corrected chi connectivity index (χ2v) is 5.63. The first kappa shape index (κ1) is 16.5. The van der Waals surface area contributed by atoms with Crippen LogP contribution in [0.1, 0.15) is 31.9 Å². The first-order valence-electron chi connectivity index (χ1n) is 7.81. The zero-order chi connectivity index (χ0) is 15.9. The van der Waals surface area contributed by atoms with E-state index in [9.17, 15) is 9.59 Å². The van der Waals surface area contributed by atoms with Crippen LogP contribution < -0.4 is 5.32 Å². The zero-order valence-electron chi connectivity index (χ0n) is 13.3. The molecule has 0 bridgehead atoms. The van der Waals surface area contributed by atoms with E-state index < -0.39 is 0 Å². The molecule has 1 N–H and O–H groups in total. The van der Waals surface area contributed by atoms with Crippen LogP contribution in [-0.2, 0) is 9.59 Å². The lowest BCUT2D eigenvalue weighted by molar-refractivity contribution is -0.133. The van der Waals surface area contributed by atoms with E-state index in [2.05, 4.69) is 17.4 Å². The number of piperazine rings is 1. The maximum Gasteiger partial charge on any atom is 0.239 e. The molecular weight excluding hydrogens is 284 g/mol. The molecule has 0 aliphatic carbocycles. The van der Waals surface area contributed by atoms with Crippen LogP contribution in [0.5, 0.6) is 0 Å². The summed E-state index contributed by atoms with van der Waals surface area (Å²) in [5.41, 5.74) is 0. The van der Waals surface area contributed by atoms with Crippen LogP contribution in [0.25, 0.3) is 0 Å². The SMILES string of the molecule is CCCCC(=O)N1CCN(CC(=O)Nc2cc(C)on2)CC1. The van der Waals surface area contributed by atoms with Crippen LogP contribution in [0, 0.1) is 6.92 Å². The van der Waals surface area contributed by atoms with Gasteiger partial charge in [0.05, 0.1) is 6.54 Å². The van der Waals surface area contributed by atoms with Crippen LogP contribution in [-0.4, -0.2) is 59.5 Å². The minimum absolute atomic E-state index is 0.112. The van der Waals surface area contributed by atoms with Gasteiger partial charge in [-0.2, -0.15) is 0 Å². The second kappa shape index (κ2) is 7.93. The molecule has 0 spiro atoms. The molecule has 1 aromatic rings. The molecule has 122 valence electrons. The Labute approximate surface area is 130 Å². The minimum Gasteiger partial charge on any atom is -0.360 e. The lowest BCUT2D eigenvalue weighted by Gasteiger charge is -2.34. The summed E-state index contributed by atoms with van der Waals surface area (Å²) in [5.74, 6) is 1.22. The van der Waals surface area contributed by atoms with Crippen molar-refractivity contribution in [3.63, 3.8) is 0 Å². The van der Waals surface area contributed by atoms with Crippen LogP contribution in [0.4, 0.5) is 5.82 Å². The highest BCUT2D eigenvalue weighted by molar-refractivity contribution is 5.91. The van der Waals surface area contributed by atoms with Gasteiger partial charge in [-0.25, -0.2) is 0 Å². The number of carbonyl (C=O) groups is 2. The van der Waals surface area contributed by atoms with Gasteiger partial charge in [0.15, 0.2) is 5.82 Å². The smallest absolute Gasteiger partial charge is 0.239 e. The number of unbranched alkanes of at least 4 members (excludes halogenated alkanes) is 1. The van der Waals surface area contributed by atoms with Crippen molar-refractivity contribution in [3.05, 3.63) is 11.8 Å². The van der Waals surface area contributed by atoms with Gasteiger partial charge in [0.1, 0.15) is 5.76 Å². The van der Waals surface area contributed by atoms with E-state index in [-0.39, 0.29) is 11.8 Å². The largest absolute Gasteiger partial charge is 0.360 e. The zero-order valence-corrected chi connectivity index (χ0v) is 13.3. The lowest BCUT2D eigenvalue weighted by atomic mass is 10.2. The van der Waals surface area contributed by atoms with Gasteiger partial charge in [-0.3, -0.25) is 14.5 Å². The van der Waals surface area contributed by atoms with Crippen LogP contribution >= 0.6 is 0 Å². The van der Waals surface area contributed by atoms with Crippen LogP contribution in [0.3, 0.4) is 0 Å². The van der Waals surface area contributed by atoms with E-state index in [4.69, 9.17) is 4.52 Å². The fourth-order valence-corrected chi connectivity index (χ4v) is 2.45. The molecule has 2 heterocycles. The van der Waals surface area contributed by atoms with Crippen molar-refractivity contribution in [2.24, 2.45) is 0 Å². The predicted octanol–water partition coefficient (Wildman–Crippen LogP) is 1.26. The molecule has 0 radical (unpaired) electrons. The highest BCUT2D eigenvalue weighted by Gasteiger charge is 2.22. The quantitative estimate of drug-likeness (QED) is 0.856. The maximum absolute atomic E-state index is 11.9. The Hall–Kier alpha value is -1.89. The first-order chi connectivity index (χ1) is 10.6. The minimum atomic E-state index is -0.112. The maximum atomic E-state index is 11.9. The fraction of sp³-hybridized carbons (Fsp3) is 0.667. The molecule has 0 aromatic carbocycles.